The zero-order chi connectivity index (χ0) is 13.2. The second-order valence-corrected chi connectivity index (χ2v) is 5.40. The van der Waals surface area contributed by atoms with Crippen LogP contribution < -0.4 is 5.32 Å². The van der Waals surface area contributed by atoms with Gasteiger partial charge in [-0.2, -0.15) is 0 Å². The highest BCUT2D eigenvalue weighted by molar-refractivity contribution is 5.46. The summed E-state index contributed by atoms with van der Waals surface area (Å²) in [6.07, 6.45) is 2.02. The Morgan fingerprint density at radius 3 is 2.37 bits per heavy atom. The summed E-state index contributed by atoms with van der Waals surface area (Å²) in [5.41, 5.74) is 3.29. The van der Waals surface area contributed by atoms with E-state index in [1.807, 2.05) is 12.1 Å². The highest BCUT2D eigenvalue weighted by Gasteiger charge is 2.31. The molecule has 0 saturated heterocycles. The van der Waals surface area contributed by atoms with Gasteiger partial charge in [-0.15, -0.1) is 0 Å². The topological polar surface area (TPSA) is 12.0 Å². The maximum absolute atomic E-state index is 13.6. The van der Waals surface area contributed by atoms with Crippen molar-refractivity contribution >= 4 is 5.69 Å². The van der Waals surface area contributed by atoms with Crippen LogP contribution in [0.15, 0.2) is 48.5 Å². The third-order valence-corrected chi connectivity index (χ3v) is 3.91. The molecule has 0 bridgehead atoms. The van der Waals surface area contributed by atoms with Crippen LogP contribution in [0, 0.1) is 12.7 Å². The second kappa shape index (κ2) is 5.04. The first-order valence-electron chi connectivity index (χ1n) is 6.80. The minimum absolute atomic E-state index is 0.0683. The van der Waals surface area contributed by atoms with Crippen LogP contribution in [0.5, 0.6) is 0 Å². The number of nitrogens with one attached hydrogen (secondary N) is 1. The molecule has 2 aromatic rings. The van der Waals surface area contributed by atoms with Crippen LogP contribution in [0.25, 0.3) is 0 Å². The third-order valence-electron chi connectivity index (χ3n) is 3.91. The molecule has 1 fully saturated rings. The van der Waals surface area contributed by atoms with Gasteiger partial charge in [0, 0.05) is 11.7 Å². The van der Waals surface area contributed by atoms with Gasteiger partial charge in [0.15, 0.2) is 0 Å². The van der Waals surface area contributed by atoms with E-state index in [1.165, 1.54) is 5.56 Å². The van der Waals surface area contributed by atoms with Crippen LogP contribution in [0.4, 0.5) is 10.1 Å². The van der Waals surface area contributed by atoms with Gasteiger partial charge in [0.2, 0.25) is 0 Å². The summed E-state index contributed by atoms with van der Waals surface area (Å²) in [7, 11) is 0. The molecule has 2 heteroatoms. The molecule has 0 amide bonds. The number of benzene rings is 2. The Bertz CT molecular complexity index is 556. The first-order valence-corrected chi connectivity index (χ1v) is 6.80. The first kappa shape index (κ1) is 12.2. The lowest BCUT2D eigenvalue weighted by Gasteiger charge is -2.37. The van der Waals surface area contributed by atoms with Crippen molar-refractivity contribution < 1.29 is 4.39 Å². The maximum atomic E-state index is 13.6. The summed E-state index contributed by atoms with van der Waals surface area (Å²) < 4.78 is 13.6. The summed E-state index contributed by atoms with van der Waals surface area (Å²) in [6, 6.07) is 16.0. The van der Waals surface area contributed by atoms with Crippen molar-refractivity contribution in [3.63, 3.8) is 0 Å². The Kier molecular flexibility index (Phi) is 3.24. The lowest BCUT2D eigenvalue weighted by Crippen LogP contribution is -2.34. The quantitative estimate of drug-likeness (QED) is 0.852. The minimum Gasteiger partial charge on any atom is -0.382 e. The Morgan fingerprint density at radius 2 is 1.68 bits per heavy atom. The Hall–Kier alpha value is -1.83. The molecule has 0 unspecified atom stereocenters. The summed E-state index contributed by atoms with van der Waals surface area (Å²) in [5, 5.41) is 3.50. The van der Waals surface area contributed by atoms with E-state index in [9.17, 15) is 4.39 Å². The van der Waals surface area contributed by atoms with Crippen LogP contribution in [-0.2, 0) is 0 Å². The number of rotatable bonds is 3. The van der Waals surface area contributed by atoms with Gasteiger partial charge in [-0.1, -0.05) is 35.9 Å². The molecule has 1 nitrogen and oxygen atoms in total. The van der Waals surface area contributed by atoms with Crippen molar-refractivity contribution in [1.29, 1.82) is 0 Å². The predicted molar refractivity (Wildman–Crippen MR) is 77.0 cm³/mol. The average Bonchev–Trinajstić information content (AvgIpc) is 2.37. The van der Waals surface area contributed by atoms with Crippen molar-refractivity contribution in [2.75, 3.05) is 5.32 Å². The van der Waals surface area contributed by atoms with Gasteiger partial charge in [0.05, 0.1) is 0 Å². The summed E-state index contributed by atoms with van der Waals surface area (Å²) in [4.78, 5) is 0. The largest absolute Gasteiger partial charge is 0.382 e. The standard InChI is InChI=1S/C17H18FN/c1-12-6-8-14(9-7-12)19-15-10-13(11-15)16-4-2-3-5-17(16)18/h2-9,13,15,19H,10-11H2,1H3. The van der Waals surface area contributed by atoms with E-state index < -0.39 is 0 Å². The monoisotopic (exact) mass is 255 g/mol. The van der Waals surface area contributed by atoms with Gasteiger partial charge in [0.25, 0.3) is 0 Å². The van der Waals surface area contributed by atoms with E-state index in [1.54, 1.807) is 12.1 Å². The minimum atomic E-state index is -0.0683. The number of aryl methyl sites for hydroxylation is 1. The predicted octanol–water partition coefficient (Wildman–Crippen LogP) is 4.49. The molecule has 1 aliphatic rings. The van der Waals surface area contributed by atoms with Crippen LogP contribution >= 0.6 is 0 Å². The van der Waals surface area contributed by atoms with Gasteiger partial charge >= 0.3 is 0 Å². The number of hydrogen-bond donors (Lipinski definition) is 1. The lowest BCUT2D eigenvalue weighted by atomic mass is 9.75. The van der Waals surface area contributed by atoms with E-state index in [4.69, 9.17) is 0 Å². The van der Waals surface area contributed by atoms with E-state index >= 15 is 0 Å². The Labute approximate surface area is 113 Å². The molecule has 3 rings (SSSR count). The van der Waals surface area contributed by atoms with E-state index in [0.29, 0.717) is 12.0 Å². The molecule has 1 N–H and O–H groups in total. The van der Waals surface area contributed by atoms with Gasteiger partial charge in [-0.25, -0.2) is 4.39 Å². The molecule has 98 valence electrons. The molecule has 0 radical (unpaired) electrons. The normalized spacial score (nSPS) is 21.8. The van der Waals surface area contributed by atoms with Crippen molar-refractivity contribution in [3.8, 4) is 0 Å². The van der Waals surface area contributed by atoms with Crippen molar-refractivity contribution in [2.45, 2.75) is 31.7 Å². The SMILES string of the molecule is Cc1ccc(NC2CC(c3ccccc3F)C2)cc1. The number of hydrogen-bond acceptors (Lipinski definition) is 1. The second-order valence-electron chi connectivity index (χ2n) is 5.40. The van der Waals surface area contributed by atoms with Gasteiger partial charge in [-0.05, 0) is 49.4 Å². The van der Waals surface area contributed by atoms with Crippen LogP contribution in [0.2, 0.25) is 0 Å². The Morgan fingerprint density at radius 1 is 1.00 bits per heavy atom. The zero-order valence-electron chi connectivity index (χ0n) is 11.1. The highest BCUT2D eigenvalue weighted by Crippen LogP contribution is 2.39. The summed E-state index contributed by atoms with van der Waals surface area (Å²) in [6.45, 7) is 2.08. The molecular formula is C17H18FN. The van der Waals surface area contributed by atoms with Gasteiger partial charge in [-0.3, -0.25) is 0 Å². The van der Waals surface area contributed by atoms with Gasteiger partial charge < -0.3 is 5.32 Å². The molecule has 1 saturated carbocycles. The Balaban J connectivity index is 1.58. The maximum Gasteiger partial charge on any atom is 0.126 e. The fourth-order valence-corrected chi connectivity index (χ4v) is 2.68. The molecule has 0 atom stereocenters. The number of anilines is 1. The van der Waals surface area contributed by atoms with E-state index in [2.05, 4.69) is 36.5 Å². The molecule has 0 spiro atoms. The van der Waals surface area contributed by atoms with Gasteiger partial charge in [0.1, 0.15) is 5.82 Å². The fraction of sp³-hybridized carbons (Fsp3) is 0.294. The highest BCUT2D eigenvalue weighted by atomic mass is 19.1. The van der Waals surface area contributed by atoms with Crippen molar-refractivity contribution in [2.24, 2.45) is 0 Å². The van der Waals surface area contributed by atoms with Crippen molar-refractivity contribution in [3.05, 3.63) is 65.5 Å². The fourth-order valence-electron chi connectivity index (χ4n) is 2.68. The molecule has 0 aliphatic heterocycles. The molecule has 1 aliphatic carbocycles. The first-order chi connectivity index (χ1) is 9.22. The molecular weight excluding hydrogens is 237 g/mol. The van der Waals surface area contributed by atoms with Crippen LogP contribution in [0.1, 0.15) is 29.9 Å². The number of halogens is 1. The lowest BCUT2D eigenvalue weighted by molar-refractivity contribution is 0.363. The molecule has 0 aromatic heterocycles. The van der Waals surface area contributed by atoms with Crippen molar-refractivity contribution in [1.82, 2.24) is 0 Å². The zero-order valence-corrected chi connectivity index (χ0v) is 11.1. The van der Waals surface area contributed by atoms with E-state index in [-0.39, 0.29) is 5.82 Å². The van der Waals surface area contributed by atoms with Crippen LogP contribution in [0.3, 0.4) is 0 Å². The summed E-state index contributed by atoms with van der Waals surface area (Å²) >= 11 is 0. The third kappa shape index (κ3) is 2.62. The van der Waals surface area contributed by atoms with E-state index in [0.717, 1.165) is 24.1 Å². The van der Waals surface area contributed by atoms with Crippen LogP contribution in [-0.4, -0.2) is 6.04 Å². The summed E-state index contributed by atoms with van der Waals surface area (Å²) in [5.74, 6) is 0.297. The molecule has 2 aromatic carbocycles. The molecule has 19 heavy (non-hydrogen) atoms. The average molecular weight is 255 g/mol. The smallest absolute Gasteiger partial charge is 0.126 e. The molecule has 0 heterocycles.